The molecule has 4 rings (SSSR count). The summed E-state index contributed by atoms with van der Waals surface area (Å²) in [5.74, 6) is 0.323. The maximum Gasteiger partial charge on any atom is 0.387 e. The molecule has 1 amide bonds. The van der Waals surface area contributed by atoms with Crippen LogP contribution >= 0.6 is 0 Å². The van der Waals surface area contributed by atoms with Gasteiger partial charge in [-0.15, -0.1) is 0 Å². The number of carbonyl (C=O) groups is 1. The first kappa shape index (κ1) is 23.2. The highest BCUT2D eigenvalue weighted by atomic mass is 32.2. The van der Waals surface area contributed by atoms with Crippen molar-refractivity contribution in [3.8, 4) is 5.75 Å². The molecule has 1 aliphatic heterocycles. The first-order valence-corrected chi connectivity index (χ1v) is 11.9. The molecule has 2 aromatic rings. The number of pyridine rings is 1. The summed E-state index contributed by atoms with van der Waals surface area (Å²) in [4.78, 5) is 17.1. The van der Waals surface area contributed by atoms with Gasteiger partial charge in [0.1, 0.15) is 11.4 Å². The van der Waals surface area contributed by atoms with Crippen LogP contribution in [0.2, 0.25) is 0 Å². The van der Waals surface area contributed by atoms with E-state index in [0.717, 1.165) is 0 Å². The fourth-order valence-corrected chi connectivity index (χ4v) is 5.36. The fourth-order valence-electron chi connectivity index (χ4n) is 3.88. The van der Waals surface area contributed by atoms with E-state index in [-0.39, 0.29) is 34.7 Å². The molecule has 0 bridgehead atoms. The molecule has 1 saturated heterocycles. The summed E-state index contributed by atoms with van der Waals surface area (Å²) in [5, 5.41) is 24.3. The molecule has 2 fully saturated rings. The molecule has 1 aromatic carbocycles. The smallest absolute Gasteiger partial charge is 0.387 e. The lowest BCUT2D eigenvalue weighted by atomic mass is 9.89. The zero-order valence-electron chi connectivity index (χ0n) is 17.8. The lowest BCUT2D eigenvalue weighted by Crippen LogP contribution is -2.61. The van der Waals surface area contributed by atoms with E-state index in [1.165, 1.54) is 24.4 Å². The van der Waals surface area contributed by atoms with Crippen LogP contribution in [0.1, 0.15) is 41.4 Å². The Morgan fingerprint density at radius 2 is 2.03 bits per heavy atom. The largest absolute Gasteiger partial charge is 0.435 e. The summed E-state index contributed by atoms with van der Waals surface area (Å²) in [5.41, 5.74) is 0.668. The third kappa shape index (κ3) is 5.36. The van der Waals surface area contributed by atoms with Crippen molar-refractivity contribution in [2.75, 3.05) is 16.8 Å². The fraction of sp³-hybridized carbons (Fsp3) is 0.409. The summed E-state index contributed by atoms with van der Waals surface area (Å²) in [6.07, 6.45) is 1.97. The second kappa shape index (κ2) is 9.14. The molecular weight excluding hydrogens is 454 g/mol. The van der Waals surface area contributed by atoms with Crippen LogP contribution in [0.3, 0.4) is 0 Å². The number of hydrogen-bond donors (Lipinski definition) is 4. The molecule has 1 aromatic heterocycles. The average molecular weight is 479 g/mol. The highest BCUT2D eigenvalue weighted by molar-refractivity contribution is 7.86. The van der Waals surface area contributed by atoms with Crippen LogP contribution < -0.4 is 15.4 Å². The van der Waals surface area contributed by atoms with Crippen LogP contribution in [0.25, 0.3) is 0 Å². The van der Waals surface area contributed by atoms with Crippen molar-refractivity contribution < 1.29 is 27.6 Å². The Morgan fingerprint density at radius 1 is 1.30 bits per heavy atom. The van der Waals surface area contributed by atoms with Crippen LogP contribution in [0.15, 0.2) is 36.5 Å². The predicted molar refractivity (Wildman–Crippen MR) is 120 cm³/mol. The molecule has 2 heterocycles. The monoisotopic (exact) mass is 478 g/mol. The molecule has 8 nitrogen and oxygen atoms in total. The summed E-state index contributed by atoms with van der Waals surface area (Å²) in [6.45, 7) is -1.16. The maximum atomic E-state index is 12.8. The van der Waals surface area contributed by atoms with Gasteiger partial charge >= 0.3 is 6.61 Å². The SMILES string of the molecule is CC1(NC(=O)c2cnc(C(=N)c3cccc(OC(F)F)c3)c(NC3CC(O)C3)c2)CS(=O)C1. The van der Waals surface area contributed by atoms with E-state index in [4.69, 9.17) is 5.41 Å². The number of amides is 1. The van der Waals surface area contributed by atoms with Gasteiger partial charge in [-0.3, -0.25) is 19.4 Å². The van der Waals surface area contributed by atoms with E-state index in [9.17, 15) is 22.9 Å². The van der Waals surface area contributed by atoms with Crippen LogP contribution in [-0.4, -0.2) is 61.7 Å². The lowest BCUT2D eigenvalue weighted by Gasteiger charge is -2.38. The zero-order chi connectivity index (χ0) is 23.8. The molecule has 0 unspecified atom stereocenters. The summed E-state index contributed by atoms with van der Waals surface area (Å²) >= 11 is 0. The molecule has 176 valence electrons. The summed E-state index contributed by atoms with van der Waals surface area (Å²) in [6, 6.07) is 7.30. The van der Waals surface area contributed by atoms with Gasteiger partial charge in [-0.25, -0.2) is 0 Å². The number of aliphatic hydroxyl groups is 1. The molecule has 11 heteroatoms. The quantitative estimate of drug-likeness (QED) is 0.432. The maximum absolute atomic E-state index is 12.8. The standard InChI is InChI=1S/C22H24F2N4O4S/c1-22(10-33(31)11-22)28-20(30)13-6-17(27-14-7-15(29)8-14)19(26-9-13)18(25)12-3-2-4-16(5-12)32-21(23)24/h2-6,9,14-15,21,25,27,29H,7-8,10-11H2,1H3,(H,28,30). The first-order valence-electron chi connectivity index (χ1n) is 10.4. The number of ether oxygens (including phenoxy) is 1. The van der Waals surface area contributed by atoms with E-state index in [1.54, 1.807) is 12.1 Å². The Morgan fingerprint density at radius 3 is 2.67 bits per heavy atom. The van der Waals surface area contributed by atoms with Crippen molar-refractivity contribution >= 4 is 28.1 Å². The number of alkyl halides is 2. The third-order valence-electron chi connectivity index (χ3n) is 5.58. The Hall–Kier alpha value is -2.92. The number of benzene rings is 1. The molecule has 0 atom stereocenters. The number of nitrogens with one attached hydrogen (secondary N) is 3. The number of rotatable bonds is 8. The highest BCUT2D eigenvalue weighted by Gasteiger charge is 2.40. The molecule has 1 aliphatic carbocycles. The van der Waals surface area contributed by atoms with E-state index >= 15 is 0 Å². The van der Waals surface area contributed by atoms with Gasteiger partial charge in [0, 0.05) is 40.1 Å². The van der Waals surface area contributed by atoms with E-state index in [1.807, 2.05) is 6.92 Å². The number of aromatic nitrogens is 1. The zero-order valence-corrected chi connectivity index (χ0v) is 18.6. The lowest BCUT2D eigenvalue weighted by molar-refractivity contribution is -0.0498. The van der Waals surface area contributed by atoms with E-state index in [0.29, 0.717) is 35.6 Å². The van der Waals surface area contributed by atoms with Crippen molar-refractivity contribution in [2.45, 2.75) is 44.1 Å². The Balaban J connectivity index is 1.60. The van der Waals surface area contributed by atoms with Gasteiger partial charge in [0.15, 0.2) is 0 Å². The highest BCUT2D eigenvalue weighted by Crippen LogP contribution is 2.28. The number of aliphatic hydroxyl groups excluding tert-OH is 1. The molecule has 33 heavy (non-hydrogen) atoms. The molecule has 0 spiro atoms. The van der Waals surface area contributed by atoms with Gasteiger partial charge in [-0.1, -0.05) is 12.1 Å². The van der Waals surface area contributed by atoms with Gasteiger partial charge in [0.05, 0.1) is 28.6 Å². The van der Waals surface area contributed by atoms with Crippen LogP contribution in [0.4, 0.5) is 14.5 Å². The Kier molecular flexibility index (Phi) is 6.44. The second-order valence-electron chi connectivity index (χ2n) is 8.61. The number of anilines is 1. The van der Waals surface area contributed by atoms with E-state index < -0.39 is 29.1 Å². The molecule has 1 saturated carbocycles. The average Bonchev–Trinajstić information content (AvgIpc) is 2.70. The Labute approximate surface area is 191 Å². The number of nitrogens with zero attached hydrogens (tertiary/aromatic N) is 1. The topological polar surface area (TPSA) is 124 Å². The molecule has 2 aliphatic rings. The van der Waals surface area contributed by atoms with Crippen LogP contribution in [-0.2, 0) is 10.8 Å². The predicted octanol–water partition coefficient (Wildman–Crippen LogP) is 2.29. The summed E-state index contributed by atoms with van der Waals surface area (Å²) < 4.78 is 41.0. The molecular formula is C22H24F2N4O4S. The molecule has 0 radical (unpaired) electrons. The minimum atomic E-state index is -2.98. The number of carbonyl (C=O) groups excluding carboxylic acids is 1. The van der Waals surface area contributed by atoms with Crippen molar-refractivity contribution in [3.63, 3.8) is 0 Å². The van der Waals surface area contributed by atoms with Crippen molar-refractivity contribution in [1.82, 2.24) is 10.3 Å². The van der Waals surface area contributed by atoms with Crippen LogP contribution in [0, 0.1) is 5.41 Å². The van der Waals surface area contributed by atoms with Crippen LogP contribution in [0.5, 0.6) is 5.75 Å². The summed E-state index contributed by atoms with van der Waals surface area (Å²) in [7, 11) is -0.932. The minimum Gasteiger partial charge on any atom is -0.435 e. The molecule has 4 N–H and O–H groups in total. The van der Waals surface area contributed by atoms with Gasteiger partial charge in [0.2, 0.25) is 0 Å². The van der Waals surface area contributed by atoms with E-state index in [2.05, 4.69) is 20.4 Å². The normalized spacial score (nSPS) is 26.2. The second-order valence-corrected chi connectivity index (χ2v) is 10.1. The third-order valence-corrected chi connectivity index (χ3v) is 7.50. The van der Waals surface area contributed by atoms with Gasteiger partial charge in [-0.2, -0.15) is 8.78 Å². The van der Waals surface area contributed by atoms with Gasteiger partial charge < -0.3 is 20.5 Å². The van der Waals surface area contributed by atoms with Crippen molar-refractivity contribution in [2.24, 2.45) is 0 Å². The first-order chi connectivity index (χ1) is 15.6. The Bertz CT molecular complexity index is 1100. The van der Waals surface area contributed by atoms with Gasteiger partial charge in [-0.05, 0) is 38.0 Å². The van der Waals surface area contributed by atoms with Gasteiger partial charge in [0.25, 0.3) is 5.91 Å². The van der Waals surface area contributed by atoms with Crippen molar-refractivity contribution in [3.05, 3.63) is 53.3 Å². The number of hydrogen-bond acceptors (Lipinski definition) is 7. The van der Waals surface area contributed by atoms with Crippen molar-refractivity contribution in [1.29, 1.82) is 5.41 Å². The minimum absolute atomic E-state index is 0.0367. The number of halogens is 2.